The van der Waals surface area contributed by atoms with Crippen LogP contribution in [0.25, 0.3) is 0 Å². The monoisotopic (exact) mass is 714 g/mol. The fourth-order valence-corrected chi connectivity index (χ4v) is 7.56. The van der Waals surface area contributed by atoms with Crippen molar-refractivity contribution in [2.45, 2.75) is 200 Å². The highest BCUT2D eigenvalue weighted by Crippen LogP contribution is 2.19. The molecule has 2 aromatic carbocycles. The second-order valence-electron chi connectivity index (χ2n) is 15.0. The van der Waals surface area contributed by atoms with Gasteiger partial charge in [0.1, 0.15) is 16.7 Å². The van der Waals surface area contributed by atoms with Crippen molar-refractivity contribution in [3.63, 3.8) is 0 Å². The topological polar surface area (TPSA) is 57.2 Å². The number of benzene rings is 2. The molecule has 0 saturated heterocycles. The van der Waals surface area contributed by atoms with Crippen molar-refractivity contribution in [2.24, 2.45) is 0 Å². The molecule has 0 N–H and O–H groups in total. The minimum Gasteiger partial charge on any atom is -0.744 e. The molecule has 0 spiro atoms. The Labute approximate surface area is 311 Å². The molecule has 0 bridgehead atoms. The number of rotatable bonds is 31. The number of unbranched alkanes of at least 4 members (excludes halogenated alkanes) is 22. The second-order valence-corrected chi connectivity index (χ2v) is 16.3. The average molecular weight is 714 g/mol. The first-order chi connectivity index (χ1) is 24.3. The van der Waals surface area contributed by atoms with Gasteiger partial charge in [0.25, 0.3) is 0 Å². The SMILES string of the molecule is CCCCCCCCCCCCCCCC[N+](CC)(CC)Cc1ccccc1.CCCCCCCCCCCCc1ccc(S(=O)(=O)[O-])cc1. The normalized spacial score (nSPS) is 11.8. The Bertz CT molecular complexity index is 1110. The van der Waals surface area contributed by atoms with Gasteiger partial charge in [0.05, 0.1) is 24.5 Å². The number of quaternary nitrogens is 1. The molecule has 0 atom stereocenters. The lowest BCUT2D eigenvalue weighted by Gasteiger charge is -2.37. The van der Waals surface area contributed by atoms with Gasteiger partial charge in [-0.25, -0.2) is 8.42 Å². The molecule has 0 heterocycles. The van der Waals surface area contributed by atoms with Crippen LogP contribution in [0.4, 0.5) is 0 Å². The second kappa shape index (κ2) is 30.9. The molecule has 0 amide bonds. The first-order valence-electron chi connectivity index (χ1n) is 21.2. The van der Waals surface area contributed by atoms with Gasteiger partial charge in [-0.1, -0.05) is 191 Å². The van der Waals surface area contributed by atoms with E-state index in [0.717, 1.165) is 18.4 Å². The molecule has 0 saturated carbocycles. The van der Waals surface area contributed by atoms with Gasteiger partial charge in [-0.15, -0.1) is 0 Å². The van der Waals surface area contributed by atoms with Gasteiger partial charge < -0.3 is 9.04 Å². The Morgan fingerprint density at radius 2 is 0.840 bits per heavy atom. The molecular formula is C45H79NO3S. The zero-order valence-corrected chi connectivity index (χ0v) is 34.1. The van der Waals surface area contributed by atoms with Crippen LogP contribution in [0.5, 0.6) is 0 Å². The zero-order valence-electron chi connectivity index (χ0n) is 33.3. The highest BCUT2D eigenvalue weighted by molar-refractivity contribution is 7.85. The van der Waals surface area contributed by atoms with Crippen molar-refractivity contribution in [3.8, 4) is 0 Å². The summed E-state index contributed by atoms with van der Waals surface area (Å²) in [5, 5.41) is 0. The summed E-state index contributed by atoms with van der Waals surface area (Å²) in [7, 11) is -4.31. The molecule has 2 aromatic rings. The maximum absolute atomic E-state index is 10.8. The van der Waals surface area contributed by atoms with Crippen LogP contribution >= 0.6 is 0 Å². The van der Waals surface area contributed by atoms with Crippen LogP contribution in [-0.2, 0) is 23.1 Å². The van der Waals surface area contributed by atoms with Gasteiger partial charge in [0, 0.05) is 5.56 Å². The minimum absolute atomic E-state index is 0.140. The standard InChI is InChI=1S/C27H50N.C18H30O3S/c1-4-7-8-9-10-11-12-13-14-15-16-17-18-22-25-28(5-2,6-3)26-27-23-20-19-21-24-27;1-2-3-4-5-6-7-8-9-10-11-12-17-13-15-18(16-14-17)22(19,20)21/h19-21,23-24H,4-18,22,25-26H2,1-3H3;13-16H,2-12H2,1H3,(H,19,20,21)/q+1;/p-1. The van der Waals surface area contributed by atoms with Gasteiger partial charge >= 0.3 is 0 Å². The van der Waals surface area contributed by atoms with Crippen molar-refractivity contribution in [1.29, 1.82) is 0 Å². The fraction of sp³-hybridized carbons (Fsp3) is 0.733. The first-order valence-corrected chi connectivity index (χ1v) is 22.6. The highest BCUT2D eigenvalue weighted by atomic mass is 32.2. The molecule has 0 aliphatic carbocycles. The van der Waals surface area contributed by atoms with E-state index in [-0.39, 0.29) is 4.90 Å². The lowest BCUT2D eigenvalue weighted by Crippen LogP contribution is -2.47. The summed E-state index contributed by atoms with van der Waals surface area (Å²) in [5.41, 5.74) is 2.60. The molecular weight excluding hydrogens is 635 g/mol. The Kier molecular flexibility index (Phi) is 28.6. The van der Waals surface area contributed by atoms with Crippen LogP contribution in [0.2, 0.25) is 0 Å². The average Bonchev–Trinajstić information content (AvgIpc) is 3.12. The fourth-order valence-electron chi connectivity index (χ4n) is 7.09. The van der Waals surface area contributed by atoms with Crippen LogP contribution in [-0.4, -0.2) is 37.1 Å². The van der Waals surface area contributed by atoms with Crippen LogP contribution in [0.3, 0.4) is 0 Å². The third-order valence-corrected chi connectivity index (χ3v) is 11.6. The zero-order chi connectivity index (χ0) is 36.6. The number of aryl methyl sites for hydroxylation is 1. The molecule has 5 heteroatoms. The van der Waals surface area contributed by atoms with E-state index in [1.165, 1.54) is 196 Å². The third-order valence-electron chi connectivity index (χ3n) is 10.7. The van der Waals surface area contributed by atoms with Crippen molar-refractivity contribution in [3.05, 3.63) is 65.7 Å². The summed E-state index contributed by atoms with van der Waals surface area (Å²) in [6, 6.07) is 17.4. The van der Waals surface area contributed by atoms with Gasteiger partial charge in [0.2, 0.25) is 0 Å². The van der Waals surface area contributed by atoms with Crippen molar-refractivity contribution in [2.75, 3.05) is 19.6 Å². The summed E-state index contributed by atoms with van der Waals surface area (Å²) >= 11 is 0. The lowest BCUT2D eigenvalue weighted by molar-refractivity contribution is -0.938. The van der Waals surface area contributed by atoms with Crippen LogP contribution < -0.4 is 0 Å². The number of hydrogen-bond acceptors (Lipinski definition) is 3. The Hall–Kier alpha value is -1.69. The Morgan fingerprint density at radius 1 is 0.460 bits per heavy atom. The van der Waals surface area contributed by atoms with E-state index < -0.39 is 10.1 Å². The Balaban J connectivity index is 0.000000515. The Morgan fingerprint density at radius 3 is 1.22 bits per heavy atom. The summed E-state index contributed by atoms with van der Waals surface area (Å²) in [6.45, 7) is 14.3. The van der Waals surface area contributed by atoms with E-state index in [9.17, 15) is 13.0 Å². The van der Waals surface area contributed by atoms with Crippen molar-refractivity contribution in [1.82, 2.24) is 0 Å². The highest BCUT2D eigenvalue weighted by Gasteiger charge is 2.22. The van der Waals surface area contributed by atoms with Crippen molar-refractivity contribution >= 4 is 10.1 Å². The summed E-state index contributed by atoms with van der Waals surface area (Å²) in [5.74, 6) is 0. The molecule has 0 radical (unpaired) electrons. The number of nitrogens with zero attached hydrogens (tertiary/aromatic N) is 1. The molecule has 0 fully saturated rings. The first kappa shape index (κ1) is 46.3. The predicted molar refractivity (Wildman–Crippen MR) is 217 cm³/mol. The predicted octanol–water partition coefficient (Wildman–Crippen LogP) is 13.6. The molecule has 288 valence electrons. The van der Waals surface area contributed by atoms with E-state index in [1.807, 2.05) is 0 Å². The third kappa shape index (κ3) is 24.5. The summed E-state index contributed by atoms with van der Waals surface area (Å²) in [6.07, 6.45) is 34.3. The lowest BCUT2D eigenvalue weighted by atomic mass is 10.0. The summed E-state index contributed by atoms with van der Waals surface area (Å²) in [4.78, 5) is -0.140. The van der Waals surface area contributed by atoms with E-state index in [4.69, 9.17) is 0 Å². The van der Waals surface area contributed by atoms with E-state index in [2.05, 4.69) is 58.0 Å². The summed E-state index contributed by atoms with van der Waals surface area (Å²) < 4.78 is 33.7. The number of hydrogen-bond donors (Lipinski definition) is 0. The van der Waals surface area contributed by atoms with E-state index in [1.54, 1.807) is 12.1 Å². The molecule has 0 unspecified atom stereocenters. The molecule has 2 rings (SSSR count). The molecule has 50 heavy (non-hydrogen) atoms. The van der Waals surface area contributed by atoms with Crippen LogP contribution in [0.15, 0.2) is 59.5 Å². The van der Waals surface area contributed by atoms with Gasteiger partial charge in [-0.3, -0.25) is 0 Å². The maximum Gasteiger partial charge on any atom is 0.124 e. The molecule has 0 aromatic heterocycles. The van der Waals surface area contributed by atoms with Crippen LogP contribution in [0.1, 0.15) is 193 Å². The molecule has 4 nitrogen and oxygen atoms in total. The molecule has 0 aliphatic heterocycles. The smallest absolute Gasteiger partial charge is 0.124 e. The van der Waals surface area contributed by atoms with E-state index in [0.29, 0.717) is 0 Å². The van der Waals surface area contributed by atoms with E-state index >= 15 is 0 Å². The van der Waals surface area contributed by atoms with Gasteiger partial charge in [-0.2, -0.15) is 0 Å². The quantitative estimate of drug-likeness (QED) is 0.0444. The van der Waals surface area contributed by atoms with Crippen LogP contribution in [0, 0.1) is 0 Å². The minimum atomic E-state index is -4.31. The largest absolute Gasteiger partial charge is 0.744 e. The van der Waals surface area contributed by atoms with Gasteiger partial charge in [0.15, 0.2) is 0 Å². The maximum atomic E-state index is 10.8. The molecule has 0 aliphatic rings. The van der Waals surface area contributed by atoms with Crippen molar-refractivity contribution < 1.29 is 17.5 Å². The van der Waals surface area contributed by atoms with Gasteiger partial charge in [-0.05, 0) is 57.2 Å².